The molecule has 13 heavy (non-hydrogen) atoms. The molecule has 1 rings (SSSR count). The lowest BCUT2D eigenvalue weighted by molar-refractivity contribution is 0.381. The lowest BCUT2D eigenvalue weighted by Crippen LogP contribution is -1.97. The summed E-state index contributed by atoms with van der Waals surface area (Å²) in [6.45, 7) is 0. The van der Waals surface area contributed by atoms with Crippen LogP contribution in [0.4, 0.5) is 8.78 Å². The van der Waals surface area contributed by atoms with Crippen LogP contribution in [0.15, 0.2) is 17.0 Å². The number of methoxy groups -OCH3 is 1. The Morgan fingerprint density at radius 2 is 2.00 bits per heavy atom. The van der Waals surface area contributed by atoms with Gasteiger partial charge in [0.05, 0.1) is 7.11 Å². The van der Waals surface area contributed by atoms with Gasteiger partial charge < -0.3 is 9.29 Å². The van der Waals surface area contributed by atoms with Gasteiger partial charge in [-0.15, -0.1) is 0 Å². The van der Waals surface area contributed by atoms with Gasteiger partial charge in [-0.25, -0.2) is 13.0 Å². The number of ether oxygens (including phenoxy) is 1. The van der Waals surface area contributed by atoms with Crippen LogP contribution in [0.25, 0.3) is 0 Å². The highest BCUT2D eigenvalue weighted by Crippen LogP contribution is 2.22. The van der Waals surface area contributed by atoms with Crippen molar-refractivity contribution in [3.8, 4) is 5.75 Å². The van der Waals surface area contributed by atoms with Gasteiger partial charge in [0.2, 0.25) is 0 Å². The zero-order valence-electron chi connectivity index (χ0n) is 6.58. The monoisotopic (exact) mass is 208 g/mol. The predicted molar refractivity (Wildman–Crippen MR) is 41.9 cm³/mol. The first-order chi connectivity index (χ1) is 6.06. The summed E-state index contributed by atoms with van der Waals surface area (Å²) < 4.78 is 49.1. The van der Waals surface area contributed by atoms with E-state index in [1.165, 1.54) is 7.11 Å². The molecule has 0 aromatic heterocycles. The summed E-state index contributed by atoms with van der Waals surface area (Å²) >= 11 is -2.48. The van der Waals surface area contributed by atoms with Crippen molar-refractivity contribution in [1.82, 2.24) is 0 Å². The summed E-state index contributed by atoms with van der Waals surface area (Å²) in [5.41, 5.74) is 0. The fraction of sp³-hybridized carbons (Fsp3) is 0.143. The van der Waals surface area contributed by atoms with Crippen LogP contribution in [-0.2, 0) is 11.1 Å². The number of hydrogen-bond donors (Lipinski definition) is 1. The summed E-state index contributed by atoms with van der Waals surface area (Å²) in [6.07, 6.45) is 0. The smallest absolute Gasteiger partial charge is 0.189 e. The van der Waals surface area contributed by atoms with Crippen molar-refractivity contribution in [2.75, 3.05) is 7.11 Å². The SMILES string of the molecule is COc1cc(S(=O)O)c(F)cc1F. The highest BCUT2D eigenvalue weighted by Gasteiger charge is 2.13. The second kappa shape index (κ2) is 3.80. The van der Waals surface area contributed by atoms with Crippen molar-refractivity contribution in [1.29, 1.82) is 0 Å². The molecule has 1 atom stereocenters. The summed E-state index contributed by atoms with van der Waals surface area (Å²) in [7, 11) is 1.18. The summed E-state index contributed by atoms with van der Waals surface area (Å²) in [6, 6.07) is 1.35. The zero-order valence-corrected chi connectivity index (χ0v) is 7.40. The predicted octanol–water partition coefficient (Wildman–Crippen LogP) is 1.55. The van der Waals surface area contributed by atoms with Crippen LogP contribution in [0.2, 0.25) is 0 Å². The van der Waals surface area contributed by atoms with E-state index in [4.69, 9.17) is 4.55 Å². The average Bonchev–Trinajstić information content (AvgIpc) is 2.03. The molecule has 1 unspecified atom stereocenters. The Hall–Kier alpha value is -1.01. The van der Waals surface area contributed by atoms with E-state index in [1.807, 2.05) is 0 Å². The van der Waals surface area contributed by atoms with Gasteiger partial charge in [-0.1, -0.05) is 0 Å². The molecular weight excluding hydrogens is 202 g/mol. The number of benzene rings is 1. The molecule has 0 aliphatic carbocycles. The van der Waals surface area contributed by atoms with Gasteiger partial charge in [0.1, 0.15) is 10.7 Å². The molecule has 1 aromatic carbocycles. The minimum atomic E-state index is -2.48. The Labute approximate surface area is 75.6 Å². The Morgan fingerprint density at radius 1 is 1.38 bits per heavy atom. The van der Waals surface area contributed by atoms with Crippen molar-refractivity contribution in [3.05, 3.63) is 23.8 Å². The van der Waals surface area contributed by atoms with Crippen LogP contribution in [0, 0.1) is 11.6 Å². The topological polar surface area (TPSA) is 46.5 Å². The molecule has 1 aromatic rings. The summed E-state index contributed by atoms with van der Waals surface area (Å²) in [4.78, 5) is -0.502. The first-order valence-corrected chi connectivity index (χ1v) is 4.31. The van der Waals surface area contributed by atoms with Gasteiger partial charge >= 0.3 is 0 Å². The number of rotatable bonds is 2. The molecule has 1 N–H and O–H groups in total. The van der Waals surface area contributed by atoms with E-state index in [9.17, 15) is 13.0 Å². The maximum absolute atomic E-state index is 12.8. The lowest BCUT2D eigenvalue weighted by Gasteiger charge is -2.03. The lowest BCUT2D eigenvalue weighted by atomic mass is 10.3. The van der Waals surface area contributed by atoms with Gasteiger partial charge in [0.15, 0.2) is 22.6 Å². The second-order valence-electron chi connectivity index (χ2n) is 2.17. The largest absolute Gasteiger partial charge is 0.494 e. The summed E-state index contributed by atoms with van der Waals surface area (Å²) in [5, 5.41) is 0. The van der Waals surface area contributed by atoms with E-state index >= 15 is 0 Å². The normalized spacial score (nSPS) is 12.6. The van der Waals surface area contributed by atoms with Crippen LogP contribution < -0.4 is 4.74 Å². The molecule has 0 heterocycles. The quantitative estimate of drug-likeness (QED) is 0.750. The number of hydrogen-bond acceptors (Lipinski definition) is 2. The molecular formula is C7H6F2O3S. The average molecular weight is 208 g/mol. The Morgan fingerprint density at radius 3 is 2.46 bits per heavy atom. The Balaban J connectivity index is 3.30. The minimum absolute atomic E-state index is 0.265. The van der Waals surface area contributed by atoms with Gasteiger partial charge in [0, 0.05) is 12.1 Å². The highest BCUT2D eigenvalue weighted by atomic mass is 32.2. The van der Waals surface area contributed by atoms with E-state index in [2.05, 4.69) is 4.74 Å². The maximum atomic E-state index is 12.8. The van der Waals surface area contributed by atoms with Crippen LogP contribution >= 0.6 is 0 Å². The molecule has 72 valence electrons. The fourth-order valence-electron chi connectivity index (χ4n) is 0.801. The zero-order chi connectivity index (χ0) is 10.0. The third-order valence-electron chi connectivity index (χ3n) is 1.39. The molecule has 0 aliphatic rings. The van der Waals surface area contributed by atoms with Gasteiger partial charge in [-0.2, -0.15) is 0 Å². The molecule has 0 bridgehead atoms. The molecule has 0 radical (unpaired) electrons. The van der Waals surface area contributed by atoms with Gasteiger partial charge in [-0.05, 0) is 0 Å². The van der Waals surface area contributed by atoms with Crippen molar-refractivity contribution in [3.63, 3.8) is 0 Å². The molecule has 0 aliphatic heterocycles. The molecule has 3 nitrogen and oxygen atoms in total. The van der Waals surface area contributed by atoms with E-state index in [0.717, 1.165) is 6.07 Å². The second-order valence-corrected chi connectivity index (χ2v) is 3.10. The standard InChI is InChI=1S/C7H6F2O3S/c1-12-6-3-7(13(10)11)5(9)2-4(6)8/h2-3H,1H3,(H,10,11). The first-order valence-electron chi connectivity index (χ1n) is 3.20. The Bertz CT molecular complexity index is 354. The molecule has 0 saturated heterocycles. The van der Waals surface area contributed by atoms with Crippen LogP contribution in [-0.4, -0.2) is 15.9 Å². The van der Waals surface area contributed by atoms with Crippen LogP contribution in [0.3, 0.4) is 0 Å². The van der Waals surface area contributed by atoms with E-state index in [1.54, 1.807) is 0 Å². The van der Waals surface area contributed by atoms with Gasteiger partial charge in [0.25, 0.3) is 0 Å². The molecule has 0 spiro atoms. The van der Waals surface area contributed by atoms with Crippen molar-refractivity contribution in [2.24, 2.45) is 0 Å². The molecule has 0 amide bonds. The van der Waals surface area contributed by atoms with Crippen molar-refractivity contribution in [2.45, 2.75) is 4.90 Å². The Kier molecular flexibility index (Phi) is 2.94. The molecule has 0 saturated carbocycles. The van der Waals surface area contributed by atoms with Gasteiger partial charge in [-0.3, -0.25) is 0 Å². The van der Waals surface area contributed by atoms with Crippen molar-refractivity contribution >= 4 is 11.1 Å². The van der Waals surface area contributed by atoms with E-state index in [-0.39, 0.29) is 5.75 Å². The third-order valence-corrected chi connectivity index (χ3v) is 2.08. The molecule has 0 fully saturated rings. The number of halogens is 2. The molecule has 6 heteroatoms. The minimum Gasteiger partial charge on any atom is -0.494 e. The first kappa shape index (κ1) is 10.1. The van der Waals surface area contributed by atoms with E-state index < -0.39 is 27.6 Å². The maximum Gasteiger partial charge on any atom is 0.189 e. The van der Waals surface area contributed by atoms with Crippen LogP contribution in [0.1, 0.15) is 0 Å². The summed E-state index contributed by atoms with van der Waals surface area (Å²) in [5.74, 6) is -2.24. The fourth-order valence-corrected chi connectivity index (χ4v) is 1.23. The van der Waals surface area contributed by atoms with Crippen LogP contribution in [0.5, 0.6) is 5.75 Å². The third kappa shape index (κ3) is 2.02. The van der Waals surface area contributed by atoms with Crippen molar-refractivity contribution < 1.29 is 22.3 Å². The van der Waals surface area contributed by atoms with E-state index in [0.29, 0.717) is 6.07 Å². The highest BCUT2D eigenvalue weighted by molar-refractivity contribution is 7.79.